The monoisotopic (exact) mass is 352 g/mol. The predicted molar refractivity (Wildman–Crippen MR) is 94.0 cm³/mol. The van der Waals surface area contributed by atoms with Crippen LogP contribution in [0.5, 0.6) is 0 Å². The second-order valence-electron chi connectivity index (χ2n) is 6.59. The van der Waals surface area contributed by atoms with Gasteiger partial charge in [-0.3, -0.25) is 14.7 Å². The molecule has 0 radical (unpaired) electrons. The zero-order chi connectivity index (χ0) is 17.8. The van der Waals surface area contributed by atoms with Gasteiger partial charge in [0.25, 0.3) is 5.56 Å². The Labute approximate surface area is 150 Å². The molecule has 0 amide bonds. The van der Waals surface area contributed by atoms with E-state index in [2.05, 4.69) is 29.9 Å². The quantitative estimate of drug-likeness (QED) is 0.689. The molecule has 1 saturated heterocycles. The van der Waals surface area contributed by atoms with Crippen molar-refractivity contribution in [3.05, 3.63) is 58.9 Å². The lowest BCUT2D eigenvalue weighted by Crippen LogP contribution is -2.36. The lowest BCUT2D eigenvalue weighted by atomic mass is 9.97. The Morgan fingerprint density at radius 3 is 2.65 bits per heavy atom. The molecule has 0 spiro atoms. The van der Waals surface area contributed by atoms with Crippen LogP contribution in [0.3, 0.4) is 0 Å². The van der Waals surface area contributed by atoms with Crippen LogP contribution in [0.2, 0.25) is 0 Å². The number of piperidine rings is 1. The van der Waals surface area contributed by atoms with Gasteiger partial charge < -0.3 is 0 Å². The van der Waals surface area contributed by atoms with Crippen molar-refractivity contribution in [3.8, 4) is 11.3 Å². The van der Waals surface area contributed by atoms with Crippen LogP contribution in [-0.4, -0.2) is 43.1 Å². The fourth-order valence-electron chi connectivity index (χ4n) is 3.31. The van der Waals surface area contributed by atoms with Crippen LogP contribution < -0.4 is 5.56 Å². The highest BCUT2D eigenvalue weighted by atomic mass is 16.6. The Hall–Kier alpha value is -2.87. The van der Waals surface area contributed by atoms with Crippen LogP contribution in [0.15, 0.2) is 52.3 Å². The first-order valence-electron chi connectivity index (χ1n) is 8.75. The molecule has 0 unspecified atom stereocenters. The van der Waals surface area contributed by atoms with Crippen LogP contribution in [0.1, 0.15) is 18.5 Å². The maximum absolute atomic E-state index is 12.2. The number of pyridine rings is 1. The fourth-order valence-corrected chi connectivity index (χ4v) is 3.31. The SMILES string of the molecule is O=c1ccc(-c2ccncc2)nn1CC1CCN(Cc2cnon2)CC1. The van der Waals surface area contributed by atoms with Gasteiger partial charge in [-0.2, -0.15) is 5.10 Å². The van der Waals surface area contributed by atoms with E-state index >= 15 is 0 Å². The van der Waals surface area contributed by atoms with Gasteiger partial charge in [0.1, 0.15) is 5.69 Å². The molecule has 0 N–H and O–H groups in total. The lowest BCUT2D eigenvalue weighted by molar-refractivity contribution is 0.160. The van der Waals surface area contributed by atoms with E-state index in [0.29, 0.717) is 12.5 Å². The minimum Gasteiger partial charge on any atom is -0.297 e. The minimum atomic E-state index is -0.0566. The van der Waals surface area contributed by atoms with Crippen molar-refractivity contribution < 1.29 is 4.63 Å². The van der Waals surface area contributed by atoms with E-state index in [-0.39, 0.29) is 5.56 Å². The van der Waals surface area contributed by atoms with Gasteiger partial charge in [-0.05, 0) is 50.0 Å². The van der Waals surface area contributed by atoms with Crippen molar-refractivity contribution in [2.75, 3.05) is 13.1 Å². The van der Waals surface area contributed by atoms with Crippen LogP contribution >= 0.6 is 0 Å². The molecule has 0 saturated carbocycles. The Morgan fingerprint density at radius 2 is 1.92 bits per heavy atom. The summed E-state index contributed by atoms with van der Waals surface area (Å²) in [5.41, 5.74) is 2.55. The molecular weight excluding hydrogens is 332 g/mol. The third-order valence-corrected chi connectivity index (χ3v) is 4.77. The summed E-state index contributed by atoms with van der Waals surface area (Å²) in [7, 11) is 0. The van der Waals surface area contributed by atoms with E-state index in [4.69, 9.17) is 0 Å². The number of likely N-dealkylation sites (tertiary alicyclic amines) is 1. The second-order valence-corrected chi connectivity index (χ2v) is 6.59. The summed E-state index contributed by atoms with van der Waals surface area (Å²) in [6.45, 7) is 3.34. The highest BCUT2D eigenvalue weighted by Crippen LogP contribution is 2.20. The van der Waals surface area contributed by atoms with Gasteiger partial charge in [0.05, 0.1) is 11.9 Å². The summed E-state index contributed by atoms with van der Waals surface area (Å²) in [6.07, 6.45) is 7.16. The van der Waals surface area contributed by atoms with Crippen molar-refractivity contribution >= 4 is 0 Å². The minimum absolute atomic E-state index is 0.0566. The molecule has 1 fully saturated rings. The van der Waals surface area contributed by atoms with Crippen molar-refractivity contribution in [1.29, 1.82) is 0 Å². The fraction of sp³-hybridized carbons (Fsp3) is 0.389. The van der Waals surface area contributed by atoms with E-state index in [9.17, 15) is 4.79 Å². The van der Waals surface area contributed by atoms with Crippen molar-refractivity contribution in [1.82, 2.24) is 30.0 Å². The molecule has 0 aromatic carbocycles. The predicted octanol–water partition coefficient (Wildman–Crippen LogP) is 1.60. The molecule has 134 valence electrons. The highest BCUT2D eigenvalue weighted by molar-refractivity contribution is 5.56. The molecule has 26 heavy (non-hydrogen) atoms. The van der Waals surface area contributed by atoms with Gasteiger partial charge in [0, 0.05) is 37.1 Å². The van der Waals surface area contributed by atoms with E-state index < -0.39 is 0 Å². The molecule has 0 atom stereocenters. The van der Waals surface area contributed by atoms with Gasteiger partial charge >= 0.3 is 0 Å². The number of hydrogen-bond acceptors (Lipinski definition) is 7. The van der Waals surface area contributed by atoms with Crippen LogP contribution in [-0.2, 0) is 13.1 Å². The van der Waals surface area contributed by atoms with E-state index in [1.807, 2.05) is 12.1 Å². The van der Waals surface area contributed by atoms with Crippen LogP contribution in [0.4, 0.5) is 0 Å². The molecule has 1 aliphatic rings. The third-order valence-electron chi connectivity index (χ3n) is 4.77. The molecule has 4 heterocycles. The van der Waals surface area contributed by atoms with Gasteiger partial charge in [-0.1, -0.05) is 10.3 Å². The Bertz CT molecular complexity index is 886. The van der Waals surface area contributed by atoms with Crippen molar-refractivity contribution in [2.45, 2.75) is 25.9 Å². The van der Waals surface area contributed by atoms with E-state index in [0.717, 1.165) is 49.4 Å². The van der Waals surface area contributed by atoms with Gasteiger partial charge in [0.2, 0.25) is 0 Å². The summed E-state index contributed by atoms with van der Waals surface area (Å²) in [6, 6.07) is 7.15. The van der Waals surface area contributed by atoms with Crippen molar-refractivity contribution in [2.24, 2.45) is 5.92 Å². The summed E-state index contributed by atoms with van der Waals surface area (Å²) in [5, 5.41) is 12.0. The summed E-state index contributed by atoms with van der Waals surface area (Å²) in [4.78, 5) is 18.6. The largest absolute Gasteiger partial charge is 0.297 e. The molecular formula is C18H20N6O2. The number of rotatable bonds is 5. The maximum atomic E-state index is 12.2. The molecule has 1 aliphatic heterocycles. The maximum Gasteiger partial charge on any atom is 0.266 e. The number of hydrogen-bond donors (Lipinski definition) is 0. The summed E-state index contributed by atoms with van der Waals surface area (Å²) < 4.78 is 6.23. The zero-order valence-electron chi connectivity index (χ0n) is 14.4. The topological polar surface area (TPSA) is 89.9 Å². The van der Waals surface area contributed by atoms with E-state index in [1.165, 1.54) is 0 Å². The first-order chi connectivity index (χ1) is 12.8. The smallest absolute Gasteiger partial charge is 0.266 e. The Kier molecular flexibility index (Phi) is 4.83. The highest BCUT2D eigenvalue weighted by Gasteiger charge is 2.21. The standard InChI is InChI=1S/C18H20N6O2/c25-18-2-1-17(15-3-7-19-8-4-15)21-24(18)12-14-5-9-23(10-6-14)13-16-11-20-26-22-16/h1-4,7-8,11,14H,5-6,9-10,12-13H2. The van der Waals surface area contributed by atoms with Gasteiger partial charge in [-0.25, -0.2) is 9.31 Å². The summed E-state index contributed by atoms with van der Waals surface area (Å²) in [5.74, 6) is 0.444. The van der Waals surface area contributed by atoms with Crippen molar-refractivity contribution in [3.63, 3.8) is 0 Å². The third kappa shape index (κ3) is 3.85. The summed E-state index contributed by atoms with van der Waals surface area (Å²) >= 11 is 0. The van der Waals surface area contributed by atoms with Crippen LogP contribution in [0, 0.1) is 5.92 Å². The number of aromatic nitrogens is 5. The molecule has 8 heteroatoms. The molecule has 0 aliphatic carbocycles. The normalized spacial score (nSPS) is 16.0. The zero-order valence-corrected chi connectivity index (χ0v) is 14.4. The molecule has 0 bridgehead atoms. The Morgan fingerprint density at radius 1 is 1.12 bits per heavy atom. The average Bonchev–Trinajstić information content (AvgIpc) is 3.19. The number of nitrogens with zero attached hydrogens (tertiary/aromatic N) is 6. The first kappa shape index (κ1) is 16.6. The first-order valence-corrected chi connectivity index (χ1v) is 8.75. The lowest BCUT2D eigenvalue weighted by Gasteiger charge is -2.31. The average molecular weight is 352 g/mol. The van der Waals surface area contributed by atoms with Gasteiger partial charge in [-0.15, -0.1) is 0 Å². The van der Waals surface area contributed by atoms with E-state index in [1.54, 1.807) is 35.4 Å². The molecule has 3 aromatic rings. The molecule has 8 nitrogen and oxygen atoms in total. The van der Waals surface area contributed by atoms with Gasteiger partial charge in [0.15, 0.2) is 0 Å². The Balaban J connectivity index is 1.39. The van der Waals surface area contributed by atoms with Crippen LogP contribution in [0.25, 0.3) is 11.3 Å². The molecule has 3 aromatic heterocycles. The molecule has 4 rings (SSSR count). The second kappa shape index (κ2) is 7.57.